The van der Waals surface area contributed by atoms with E-state index in [2.05, 4.69) is 31.7 Å². The van der Waals surface area contributed by atoms with Crippen molar-refractivity contribution in [2.45, 2.75) is 32.9 Å². The van der Waals surface area contributed by atoms with Crippen LogP contribution in [0.15, 0.2) is 18.3 Å². The second-order valence-corrected chi connectivity index (χ2v) is 6.49. The standard InChI is InChI=1S/C16H21N5O2S/c1-3-13-15(24-20-19-13)16(22)18-9-12-4-5-14(17-8-12)21-6-7-23-11(2)10-21/h4-5,8,11H,3,6-7,9-10H2,1-2H3,(H,18,22)/t11-/m1/s1. The molecule has 0 aliphatic carbocycles. The van der Waals surface area contributed by atoms with Gasteiger partial charge in [-0.15, -0.1) is 5.10 Å². The van der Waals surface area contributed by atoms with Crippen LogP contribution >= 0.6 is 11.5 Å². The fourth-order valence-corrected chi connectivity index (χ4v) is 3.28. The number of hydrogen-bond acceptors (Lipinski definition) is 7. The lowest BCUT2D eigenvalue weighted by molar-refractivity contribution is 0.0529. The lowest BCUT2D eigenvalue weighted by Crippen LogP contribution is -2.41. The van der Waals surface area contributed by atoms with Gasteiger partial charge >= 0.3 is 0 Å². The Balaban J connectivity index is 1.57. The monoisotopic (exact) mass is 347 g/mol. The molecule has 2 aromatic heterocycles. The van der Waals surface area contributed by atoms with Gasteiger partial charge in [-0.25, -0.2) is 4.98 Å². The third-order valence-corrected chi connectivity index (χ3v) is 4.69. The first kappa shape index (κ1) is 16.8. The minimum atomic E-state index is -0.132. The van der Waals surface area contributed by atoms with Crippen molar-refractivity contribution in [2.75, 3.05) is 24.6 Å². The average molecular weight is 347 g/mol. The number of carbonyl (C=O) groups excluding carboxylic acids is 1. The Labute approximate surface area is 145 Å². The van der Waals surface area contributed by atoms with Crippen molar-refractivity contribution in [1.29, 1.82) is 0 Å². The predicted octanol–water partition coefficient (Wildman–Crippen LogP) is 1.65. The SMILES string of the molecule is CCc1nnsc1C(=O)NCc1ccc(N2CCO[C@H](C)C2)nc1. The summed E-state index contributed by atoms with van der Waals surface area (Å²) in [5, 5.41) is 6.86. The van der Waals surface area contributed by atoms with Gasteiger partial charge < -0.3 is 15.0 Å². The average Bonchev–Trinajstić information content (AvgIpc) is 3.09. The second kappa shape index (κ2) is 7.67. The number of rotatable bonds is 5. The van der Waals surface area contributed by atoms with Gasteiger partial charge in [0.05, 0.1) is 18.4 Å². The maximum Gasteiger partial charge on any atom is 0.265 e. The van der Waals surface area contributed by atoms with Crippen molar-refractivity contribution in [3.05, 3.63) is 34.5 Å². The fraction of sp³-hybridized carbons (Fsp3) is 0.500. The van der Waals surface area contributed by atoms with E-state index in [0.717, 1.165) is 48.3 Å². The normalized spacial score (nSPS) is 17.8. The molecule has 1 fully saturated rings. The number of carbonyl (C=O) groups is 1. The summed E-state index contributed by atoms with van der Waals surface area (Å²) in [6, 6.07) is 3.99. The molecule has 1 amide bonds. The molecule has 0 radical (unpaired) electrons. The predicted molar refractivity (Wildman–Crippen MR) is 92.3 cm³/mol. The zero-order valence-electron chi connectivity index (χ0n) is 13.9. The lowest BCUT2D eigenvalue weighted by atomic mass is 10.2. The summed E-state index contributed by atoms with van der Waals surface area (Å²) in [6.07, 6.45) is 2.73. The zero-order valence-corrected chi connectivity index (χ0v) is 14.7. The molecule has 0 bridgehead atoms. The number of aryl methyl sites for hydroxylation is 1. The van der Waals surface area contributed by atoms with Crippen LogP contribution in [-0.2, 0) is 17.7 Å². The van der Waals surface area contributed by atoms with Crippen molar-refractivity contribution in [2.24, 2.45) is 0 Å². The van der Waals surface area contributed by atoms with Gasteiger partial charge in [-0.2, -0.15) is 0 Å². The quantitative estimate of drug-likeness (QED) is 0.886. The van der Waals surface area contributed by atoms with Gasteiger partial charge in [0, 0.05) is 25.8 Å². The Morgan fingerprint density at radius 2 is 2.38 bits per heavy atom. The number of morpholine rings is 1. The maximum absolute atomic E-state index is 12.2. The molecular formula is C16H21N5O2S. The minimum absolute atomic E-state index is 0.132. The summed E-state index contributed by atoms with van der Waals surface area (Å²) >= 11 is 1.13. The van der Waals surface area contributed by atoms with Gasteiger partial charge in [-0.3, -0.25) is 4.79 Å². The van der Waals surface area contributed by atoms with Crippen LogP contribution in [0.3, 0.4) is 0 Å². The Bertz CT molecular complexity index is 688. The molecule has 0 saturated carbocycles. The van der Waals surface area contributed by atoms with E-state index in [9.17, 15) is 4.79 Å². The van der Waals surface area contributed by atoms with Gasteiger partial charge in [0.15, 0.2) is 0 Å². The first-order chi connectivity index (χ1) is 11.7. The van der Waals surface area contributed by atoms with Gasteiger partial charge in [0.25, 0.3) is 5.91 Å². The highest BCUT2D eigenvalue weighted by molar-refractivity contribution is 7.08. The number of aromatic nitrogens is 3. The van der Waals surface area contributed by atoms with Crippen molar-refractivity contribution in [1.82, 2.24) is 19.9 Å². The van der Waals surface area contributed by atoms with Gasteiger partial charge in [0.1, 0.15) is 10.7 Å². The summed E-state index contributed by atoms with van der Waals surface area (Å²) < 4.78 is 9.39. The maximum atomic E-state index is 12.2. The van der Waals surface area contributed by atoms with Crippen LogP contribution in [0.4, 0.5) is 5.82 Å². The second-order valence-electron chi connectivity index (χ2n) is 5.74. The van der Waals surface area contributed by atoms with Crippen LogP contribution in [0.2, 0.25) is 0 Å². The highest BCUT2D eigenvalue weighted by Crippen LogP contribution is 2.16. The molecule has 1 aliphatic rings. The van der Waals surface area contributed by atoms with E-state index >= 15 is 0 Å². The van der Waals surface area contributed by atoms with Crippen LogP contribution in [0.25, 0.3) is 0 Å². The van der Waals surface area contributed by atoms with E-state index in [0.29, 0.717) is 17.8 Å². The van der Waals surface area contributed by atoms with Crippen LogP contribution in [-0.4, -0.2) is 46.3 Å². The number of pyridine rings is 1. The third-order valence-electron chi connectivity index (χ3n) is 3.92. The van der Waals surface area contributed by atoms with Crippen LogP contribution in [0.5, 0.6) is 0 Å². The van der Waals surface area contributed by atoms with E-state index < -0.39 is 0 Å². The van der Waals surface area contributed by atoms with E-state index in [1.54, 1.807) is 6.20 Å². The van der Waals surface area contributed by atoms with Crippen molar-refractivity contribution in [3.8, 4) is 0 Å². The molecule has 0 spiro atoms. The van der Waals surface area contributed by atoms with Crippen molar-refractivity contribution in [3.63, 3.8) is 0 Å². The van der Waals surface area contributed by atoms with Gasteiger partial charge in [-0.05, 0) is 36.5 Å². The van der Waals surface area contributed by atoms with Gasteiger partial charge in [0.2, 0.25) is 0 Å². The van der Waals surface area contributed by atoms with Crippen LogP contribution in [0.1, 0.15) is 34.8 Å². The Kier molecular flexibility index (Phi) is 5.37. The highest BCUT2D eigenvalue weighted by atomic mass is 32.1. The third kappa shape index (κ3) is 3.88. The molecule has 3 heterocycles. The lowest BCUT2D eigenvalue weighted by Gasteiger charge is -2.32. The van der Waals surface area contributed by atoms with E-state index in [1.165, 1.54) is 0 Å². The number of hydrogen-bond donors (Lipinski definition) is 1. The Hall–Kier alpha value is -2.06. The summed E-state index contributed by atoms with van der Waals surface area (Å²) in [7, 11) is 0. The molecule has 1 N–H and O–H groups in total. The Morgan fingerprint density at radius 1 is 1.50 bits per heavy atom. The van der Waals surface area contributed by atoms with Crippen molar-refractivity contribution >= 4 is 23.3 Å². The van der Waals surface area contributed by atoms with Crippen LogP contribution in [0, 0.1) is 0 Å². The summed E-state index contributed by atoms with van der Waals surface area (Å²) in [5.41, 5.74) is 1.70. The molecule has 128 valence electrons. The van der Waals surface area contributed by atoms with E-state index in [4.69, 9.17) is 4.74 Å². The minimum Gasteiger partial charge on any atom is -0.375 e. The van der Waals surface area contributed by atoms with Crippen LogP contribution < -0.4 is 10.2 Å². The number of ether oxygens (including phenoxy) is 1. The molecule has 1 aliphatic heterocycles. The molecule has 24 heavy (non-hydrogen) atoms. The molecular weight excluding hydrogens is 326 g/mol. The first-order valence-corrected chi connectivity index (χ1v) is 8.85. The summed E-state index contributed by atoms with van der Waals surface area (Å²) in [5.74, 6) is 0.813. The topological polar surface area (TPSA) is 80.2 Å². The molecule has 0 aromatic carbocycles. The molecule has 1 saturated heterocycles. The summed E-state index contributed by atoms with van der Waals surface area (Å²) in [6.45, 7) is 6.89. The van der Waals surface area contributed by atoms with Gasteiger partial charge in [-0.1, -0.05) is 17.5 Å². The smallest absolute Gasteiger partial charge is 0.265 e. The fourth-order valence-electron chi connectivity index (χ4n) is 2.61. The molecule has 0 unspecified atom stereocenters. The molecule has 7 nitrogen and oxygen atoms in total. The molecule has 3 rings (SSSR count). The number of nitrogens with zero attached hydrogens (tertiary/aromatic N) is 4. The number of nitrogens with one attached hydrogen (secondary N) is 1. The molecule has 1 atom stereocenters. The molecule has 8 heteroatoms. The first-order valence-electron chi connectivity index (χ1n) is 8.08. The van der Waals surface area contributed by atoms with E-state index in [1.807, 2.05) is 19.1 Å². The van der Waals surface area contributed by atoms with Crippen molar-refractivity contribution < 1.29 is 9.53 Å². The number of anilines is 1. The van der Waals surface area contributed by atoms with E-state index in [-0.39, 0.29) is 12.0 Å². The highest BCUT2D eigenvalue weighted by Gasteiger charge is 2.18. The summed E-state index contributed by atoms with van der Waals surface area (Å²) in [4.78, 5) is 19.5. The largest absolute Gasteiger partial charge is 0.375 e. The Morgan fingerprint density at radius 3 is 3.08 bits per heavy atom. The molecule has 2 aromatic rings. The number of amides is 1. The zero-order chi connectivity index (χ0) is 16.9.